The maximum atomic E-state index is 10.8. The first-order chi connectivity index (χ1) is 12.1. The molecule has 1 aliphatic rings. The largest absolute Gasteiger partial charge is 0.388 e. The second kappa shape index (κ2) is 6.51. The van der Waals surface area contributed by atoms with E-state index in [1.54, 1.807) is 0 Å². The molecule has 25 heavy (non-hydrogen) atoms. The lowest BCUT2D eigenvalue weighted by atomic mass is 9.91. The molecule has 0 fully saturated rings. The van der Waals surface area contributed by atoms with Crippen LogP contribution in [0.3, 0.4) is 0 Å². The predicted molar refractivity (Wildman–Crippen MR) is 101 cm³/mol. The van der Waals surface area contributed by atoms with Crippen molar-refractivity contribution < 1.29 is 5.11 Å². The molecule has 0 radical (unpaired) electrons. The van der Waals surface area contributed by atoms with E-state index in [1.807, 2.05) is 55.0 Å². The van der Waals surface area contributed by atoms with E-state index in [0.717, 1.165) is 11.3 Å². The summed E-state index contributed by atoms with van der Waals surface area (Å²) in [5.74, 6) is 0. The molecule has 1 aromatic heterocycles. The third kappa shape index (κ3) is 2.90. The summed E-state index contributed by atoms with van der Waals surface area (Å²) in [6.07, 6.45) is 3.72. The zero-order chi connectivity index (χ0) is 17.4. The minimum Gasteiger partial charge on any atom is -0.388 e. The van der Waals surface area contributed by atoms with Gasteiger partial charge in [-0.2, -0.15) is 0 Å². The summed E-state index contributed by atoms with van der Waals surface area (Å²) >= 11 is 6.08. The Kier molecular flexibility index (Phi) is 4.20. The van der Waals surface area contributed by atoms with E-state index in [9.17, 15) is 5.11 Å². The molecule has 4 rings (SSSR count). The van der Waals surface area contributed by atoms with E-state index >= 15 is 0 Å². The number of aromatic nitrogens is 2. The second-order valence-corrected chi connectivity index (χ2v) is 6.85. The van der Waals surface area contributed by atoms with Crippen LogP contribution >= 0.6 is 11.6 Å². The molecule has 0 aliphatic carbocycles. The SMILES string of the molecule is CC1=C(c2ccccc2)C(CC(O)c2cccc(Cl)c2)n2cncc21. The maximum Gasteiger partial charge on any atom is 0.0956 e. The number of hydrogen-bond donors (Lipinski definition) is 1. The quantitative estimate of drug-likeness (QED) is 0.707. The van der Waals surface area contributed by atoms with Crippen LogP contribution in [0.1, 0.15) is 42.3 Å². The number of halogens is 1. The summed E-state index contributed by atoms with van der Waals surface area (Å²) in [5.41, 5.74) is 5.60. The lowest BCUT2D eigenvalue weighted by Gasteiger charge is -2.22. The minimum absolute atomic E-state index is 0.0499. The number of allylic oxidation sites excluding steroid dienone is 2. The van der Waals surface area contributed by atoms with Gasteiger partial charge in [0.2, 0.25) is 0 Å². The first kappa shape index (κ1) is 16.1. The van der Waals surface area contributed by atoms with Crippen molar-refractivity contribution in [3.05, 3.63) is 89.0 Å². The highest BCUT2D eigenvalue weighted by Gasteiger charge is 2.31. The molecule has 4 heteroatoms. The van der Waals surface area contributed by atoms with Gasteiger partial charge in [0.25, 0.3) is 0 Å². The normalized spacial score (nSPS) is 17.6. The van der Waals surface area contributed by atoms with Gasteiger partial charge in [-0.25, -0.2) is 4.98 Å². The van der Waals surface area contributed by atoms with Gasteiger partial charge < -0.3 is 9.67 Å². The highest BCUT2D eigenvalue weighted by atomic mass is 35.5. The molecule has 0 spiro atoms. The standard InChI is InChI=1S/C21H19ClN2O/c1-14-19-12-23-13-24(19)18(21(14)15-6-3-2-4-7-15)11-20(25)16-8-5-9-17(22)10-16/h2-10,12-13,18,20,25H,11H2,1H3. The Morgan fingerprint density at radius 3 is 2.72 bits per heavy atom. The molecular weight excluding hydrogens is 332 g/mol. The number of hydrogen-bond acceptors (Lipinski definition) is 2. The Labute approximate surface area is 152 Å². The number of benzene rings is 2. The van der Waals surface area contributed by atoms with Gasteiger partial charge in [0.05, 0.1) is 30.4 Å². The van der Waals surface area contributed by atoms with Crippen LogP contribution in [0.5, 0.6) is 0 Å². The summed E-state index contributed by atoms with van der Waals surface area (Å²) in [4.78, 5) is 4.29. The van der Waals surface area contributed by atoms with Gasteiger partial charge in [0.15, 0.2) is 0 Å². The van der Waals surface area contributed by atoms with E-state index < -0.39 is 6.10 Å². The van der Waals surface area contributed by atoms with E-state index in [0.29, 0.717) is 11.4 Å². The Bertz CT molecular complexity index is 930. The van der Waals surface area contributed by atoms with Crippen LogP contribution in [0.25, 0.3) is 11.1 Å². The molecule has 1 N–H and O–H groups in total. The summed E-state index contributed by atoms with van der Waals surface area (Å²) in [7, 11) is 0. The van der Waals surface area contributed by atoms with Gasteiger partial charge in [-0.15, -0.1) is 0 Å². The summed E-state index contributed by atoms with van der Waals surface area (Å²) in [6.45, 7) is 2.13. The number of fused-ring (bicyclic) bond motifs is 1. The smallest absolute Gasteiger partial charge is 0.0956 e. The highest BCUT2D eigenvalue weighted by molar-refractivity contribution is 6.30. The molecule has 126 valence electrons. The van der Waals surface area contributed by atoms with Gasteiger partial charge >= 0.3 is 0 Å². The molecule has 2 atom stereocenters. The molecular formula is C21H19ClN2O. The molecule has 3 nitrogen and oxygen atoms in total. The minimum atomic E-state index is -0.594. The van der Waals surface area contributed by atoms with Crippen LogP contribution in [0, 0.1) is 0 Å². The van der Waals surface area contributed by atoms with Crippen LogP contribution in [0.15, 0.2) is 67.1 Å². The fraction of sp³-hybridized carbons (Fsp3) is 0.190. The van der Waals surface area contributed by atoms with E-state index in [1.165, 1.54) is 16.7 Å². The first-order valence-electron chi connectivity index (χ1n) is 8.37. The Balaban J connectivity index is 1.72. The Morgan fingerprint density at radius 2 is 1.96 bits per heavy atom. The molecule has 0 bridgehead atoms. The van der Waals surface area contributed by atoms with Crippen LogP contribution in [0.2, 0.25) is 5.02 Å². The summed E-state index contributed by atoms with van der Waals surface area (Å²) in [6, 6.07) is 17.8. The predicted octanol–water partition coefficient (Wildman–Crippen LogP) is 5.15. The third-order valence-electron chi connectivity index (χ3n) is 4.89. The Hall–Kier alpha value is -2.36. The Morgan fingerprint density at radius 1 is 1.16 bits per heavy atom. The number of imidazole rings is 1. The summed E-state index contributed by atoms with van der Waals surface area (Å²) < 4.78 is 2.16. The van der Waals surface area contributed by atoms with E-state index in [4.69, 9.17) is 11.6 Å². The van der Waals surface area contributed by atoms with Crippen molar-refractivity contribution in [3.63, 3.8) is 0 Å². The molecule has 3 aromatic rings. The number of nitrogens with zero attached hydrogens (tertiary/aromatic N) is 2. The first-order valence-corrected chi connectivity index (χ1v) is 8.75. The van der Waals surface area contributed by atoms with Gasteiger partial charge in [-0.1, -0.05) is 54.1 Å². The lowest BCUT2D eigenvalue weighted by Crippen LogP contribution is -2.12. The van der Waals surface area contributed by atoms with Gasteiger partial charge in [-0.05, 0) is 41.3 Å². The zero-order valence-electron chi connectivity index (χ0n) is 13.9. The van der Waals surface area contributed by atoms with Crippen molar-refractivity contribution in [2.24, 2.45) is 0 Å². The van der Waals surface area contributed by atoms with Crippen LogP contribution in [-0.2, 0) is 0 Å². The maximum absolute atomic E-state index is 10.8. The monoisotopic (exact) mass is 350 g/mol. The molecule has 0 saturated heterocycles. The van der Waals surface area contributed by atoms with Crippen LogP contribution < -0.4 is 0 Å². The molecule has 2 heterocycles. The van der Waals surface area contributed by atoms with Crippen LogP contribution in [-0.4, -0.2) is 14.7 Å². The van der Waals surface area contributed by atoms with Gasteiger partial charge in [0.1, 0.15) is 0 Å². The van der Waals surface area contributed by atoms with E-state index in [2.05, 4.69) is 28.6 Å². The lowest BCUT2D eigenvalue weighted by molar-refractivity contribution is 0.156. The van der Waals surface area contributed by atoms with Crippen molar-refractivity contribution in [3.8, 4) is 0 Å². The molecule has 2 aromatic carbocycles. The fourth-order valence-electron chi connectivity index (χ4n) is 3.69. The third-order valence-corrected chi connectivity index (χ3v) is 5.12. The average molecular weight is 351 g/mol. The van der Waals surface area contributed by atoms with Crippen LogP contribution in [0.4, 0.5) is 0 Å². The van der Waals surface area contributed by atoms with Crippen molar-refractivity contribution in [2.45, 2.75) is 25.5 Å². The van der Waals surface area contributed by atoms with Gasteiger partial charge in [0, 0.05) is 11.4 Å². The molecule has 1 aliphatic heterocycles. The number of rotatable bonds is 4. The van der Waals surface area contributed by atoms with Crippen molar-refractivity contribution >= 4 is 22.7 Å². The topological polar surface area (TPSA) is 38.0 Å². The van der Waals surface area contributed by atoms with Crippen molar-refractivity contribution in [2.75, 3.05) is 0 Å². The zero-order valence-corrected chi connectivity index (χ0v) is 14.7. The van der Waals surface area contributed by atoms with Crippen molar-refractivity contribution in [1.29, 1.82) is 0 Å². The number of aliphatic hydroxyl groups is 1. The number of aliphatic hydroxyl groups excluding tert-OH is 1. The highest BCUT2D eigenvalue weighted by Crippen LogP contribution is 2.45. The molecule has 0 saturated carbocycles. The second-order valence-electron chi connectivity index (χ2n) is 6.41. The fourth-order valence-corrected chi connectivity index (χ4v) is 3.89. The average Bonchev–Trinajstić information content (AvgIpc) is 3.19. The van der Waals surface area contributed by atoms with Crippen molar-refractivity contribution in [1.82, 2.24) is 9.55 Å². The summed E-state index contributed by atoms with van der Waals surface area (Å²) in [5, 5.41) is 11.4. The molecule has 2 unspecified atom stereocenters. The van der Waals surface area contributed by atoms with E-state index in [-0.39, 0.29) is 6.04 Å². The molecule has 0 amide bonds. The van der Waals surface area contributed by atoms with Gasteiger partial charge in [-0.3, -0.25) is 0 Å².